The molecule has 0 saturated carbocycles. The quantitative estimate of drug-likeness (QED) is 0.0943. The van der Waals surface area contributed by atoms with Crippen LogP contribution in [-0.2, 0) is 4.57 Å². The van der Waals surface area contributed by atoms with Crippen molar-refractivity contribution in [3.05, 3.63) is 138 Å². The number of benzene rings is 5. The standard InChI is InChI=1S/C37H33FNO5PS/c38-30-14-6-27(7-15-30)34(40)21-13-29-23-36(46)39(31-16-8-25(9-17-31)24-4-2-1-3-5-24)37(29)33-20-12-28(22-35(33)41)26-10-18-32(19-11-26)45(42,43)44/h1-12,14-20,22,29,34,37,40-41H,13,21,23H2,(H2,42,43,44). The van der Waals surface area contributed by atoms with Crippen molar-refractivity contribution in [2.45, 2.75) is 31.4 Å². The van der Waals surface area contributed by atoms with Crippen LogP contribution in [0.5, 0.6) is 5.75 Å². The second-order valence-corrected chi connectivity index (χ2v) is 13.7. The molecular formula is C37H33FNO5PS. The molecule has 3 atom stereocenters. The van der Waals surface area contributed by atoms with Crippen molar-refractivity contribution in [3.63, 3.8) is 0 Å². The van der Waals surface area contributed by atoms with E-state index < -0.39 is 13.7 Å². The molecule has 46 heavy (non-hydrogen) atoms. The van der Waals surface area contributed by atoms with Gasteiger partial charge in [0.15, 0.2) is 0 Å². The molecule has 5 aromatic carbocycles. The Kier molecular flexibility index (Phi) is 9.18. The molecule has 0 spiro atoms. The van der Waals surface area contributed by atoms with Crippen LogP contribution < -0.4 is 10.2 Å². The van der Waals surface area contributed by atoms with Crippen molar-refractivity contribution in [2.24, 2.45) is 5.92 Å². The van der Waals surface area contributed by atoms with Crippen molar-refractivity contribution >= 4 is 35.8 Å². The summed E-state index contributed by atoms with van der Waals surface area (Å²) in [6.07, 6.45) is 0.844. The maximum atomic E-state index is 13.5. The van der Waals surface area contributed by atoms with Crippen LogP contribution in [0.4, 0.5) is 10.1 Å². The Hall–Kier alpha value is -4.17. The molecule has 0 aliphatic carbocycles. The minimum Gasteiger partial charge on any atom is -0.508 e. The molecule has 6 nitrogen and oxygen atoms in total. The fourth-order valence-electron chi connectivity index (χ4n) is 6.25. The summed E-state index contributed by atoms with van der Waals surface area (Å²) in [5.41, 5.74) is 5.79. The molecule has 234 valence electrons. The largest absolute Gasteiger partial charge is 0.508 e. The molecule has 9 heteroatoms. The first-order valence-corrected chi connectivity index (χ1v) is 17.0. The number of aliphatic hydroxyl groups excluding tert-OH is 1. The van der Waals surface area contributed by atoms with Crippen LogP contribution >= 0.6 is 19.8 Å². The van der Waals surface area contributed by atoms with Crippen LogP contribution in [0.15, 0.2) is 121 Å². The van der Waals surface area contributed by atoms with E-state index >= 15 is 0 Å². The number of phenols is 1. The van der Waals surface area contributed by atoms with Crippen LogP contribution in [0.3, 0.4) is 0 Å². The van der Waals surface area contributed by atoms with Crippen LogP contribution in [0.1, 0.15) is 42.5 Å². The third-order valence-corrected chi connectivity index (χ3v) is 9.97. The van der Waals surface area contributed by atoms with Crippen LogP contribution in [-0.4, -0.2) is 25.0 Å². The molecule has 0 aromatic heterocycles. The highest BCUT2D eigenvalue weighted by atomic mass is 32.1. The summed E-state index contributed by atoms with van der Waals surface area (Å²) < 4.78 is 25.1. The second kappa shape index (κ2) is 13.3. The number of aromatic hydroxyl groups is 1. The van der Waals surface area contributed by atoms with Crippen molar-refractivity contribution in [1.82, 2.24) is 0 Å². The first-order valence-electron chi connectivity index (χ1n) is 15.0. The highest BCUT2D eigenvalue weighted by Crippen LogP contribution is 2.48. The molecule has 1 aliphatic heterocycles. The Morgan fingerprint density at radius 3 is 2.02 bits per heavy atom. The average molecular weight is 654 g/mol. The molecule has 6 rings (SSSR count). The van der Waals surface area contributed by atoms with Crippen molar-refractivity contribution in [2.75, 3.05) is 4.90 Å². The summed E-state index contributed by atoms with van der Waals surface area (Å²) in [4.78, 5) is 21.8. The van der Waals surface area contributed by atoms with E-state index in [-0.39, 0.29) is 28.8 Å². The van der Waals surface area contributed by atoms with Gasteiger partial charge in [0.1, 0.15) is 11.6 Å². The van der Waals surface area contributed by atoms with Gasteiger partial charge in [-0.1, -0.05) is 91.1 Å². The molecule has 4 N–H and O–H groups in total. The summed E-state index contributed by atoms with van der Waals surface area (Å²) in [5, 5.41) is 22.3. The summed E-state index contributed by atoms with van der Waals surface area (Å²) >= 11 is 5.95. The Labute approximate surface area is 272 Å². The van der Waals surface area contributed by atoms with Crippen molar-refractivity contribution < 1.29 is 29.0 Å². The fraction of sp³-hybridized carbons (Fsp3) is 0.162. The molecule has 0 amide bonds. The summed E-state index contributed by atoms with van der Waals surface area (Å²) in [5.74, 6) is -0.320. The Bertz CT molecular complexity index is 1880. The predicted molar refractivity (Wildman–Crippen MR) is 184 cm³/mol. The number of thiocarbonyl (C=S) groups is 1. The molecule has 5 aromatic rings. The lowest BCUT2D eigenvalue weighted by Gasteiger charge is -2.31. The SMILES string of the molecule is O=P(O)(O)c1ccc(-c2ccc(C3C(CCC(O)c4ccc(F)cc4)CC(=S)N3c3ccc(-c4ccccc4)cc3)c(O)c2)cc1. The maximum absolute atomic E-state index is 13.5. The third-order valence-electron chi connectivity index (χ3n) is 8.63. The zero-order chi connectivity index (χ0) is 32.4. The van der Waals surface area contributed by atoms with E-state index in [4.69, 9.17) is 12.2 Å². The van der Waals surface area contributed by atoms with E-state index in [2.05, 4.69) is 29.2 Å². The molecule has 0 bridgehead atoms. The van der Waals surface area contributed by atoms with E-state index in [1.807, 2.05) is 42.5 Å². The topological polar surface area (TPSA) is 101 Å². The van der Waals surface area contributed by atoms with Crippen molar-refractivity contribution in [3.8, 4) is 28.0 Å². The average Bonchev–Trinajstić information content (AvgIpc) is 3.39. The highest BCUT2D eigenvalue weighted by molar-refractivity contribution is 7.80. The minimum atomic E-state index is -4.37. The van der Waals surface area contributed by atoms with Gasteiger partial charge in [-0.3, -0.25) is 4.57 Å². The monoisotopic (exact) mass is 653 g/mol. The fourth-order valence-corrected chi connectivity index (χ4v) is 7.22. The van der Waals surface area contributed by atoms with Gasteiger partial charge >= 0.3 is 7.60 Å². The molecule has 3 unspecified atom stereocenters. The number of phenolic OH excluding ortho intramolecular Hbond substituents is 1. The number of nitrogens with zero attached hydrogens (tertiary/aromatic N) is 1. The van der Waals surface area contributed by atoms with Crippen LogP contribution in [0, 0.1) is 11.7 Å². The second-order valence-electron chi connectivity index (χ2n) is 11.6. The molecule has 1 aliphatic rings. The zero-order valence-corrected chi connectivity index (χ0v) is 26.5. The third kappa shape index (κ3) is 6.82. The first-order chi connectivity index (χ1) is 22.1. The zero-order valence-electron chi connectivity index (χ0n) is 24.8. The van der Waals surface area contributed by atoms with Gasteiger partial charge in [0.05, 0.1) is 22.4 Å². The lowest BCUT2D eigenvalue weighted by molar-refractivity contribution is 0.155. The Morgan fingerprint density at radius 2 is 1.39 bits per heavy atom. The summed E-state index contributed by atoms with van der Waals surface area (Å²) in [6.45, 7) is 0. The van der Waals surface area contributed by atoms with Gasteiger partial charge < -0.3 is 24.9 Å². The highest BCUT2D eigenvalue weighted by Gasteiger charge is 2.40. The van der Waals surface area contributed by atoms with E-state index in [1.165, 1.54) is 24.3 Å². The Morgan fingerprint density at radius 1 is 0.804 bits per heavy atom. The van der Waals surface area contributed by atoms with Gasteiger partial charge in [-0.2, -0.15) is 0 Å². The van der Waals surface area contributed by atoms with E-state index in [0.717, 1.165) is 21.8 Å². The lowest BCUT2D eigenvalue weighted by Crippen LogP contribution is -2.28. The number of rotatable bonds is 9. The Balaban J connectivity index is 1.32. The predicted octanol–water partition coefficient (Wildman–Crippen LogP) is 8.08. The van der Waals surface area contributed by atoms with Crippen LogP contribution in [0.25, 0.3) is 22.3 Å². The van der Waals surface area contributed by atoms with E-state index in [9.17, 15) is 29.0 Å². The number of halogens is 1. The van der Waals surface area contributed by atoms with Crippen molar-refractivity contribution in [1.29, 1.82) is 0 Å². The van der Waals surface area contributed by atoms with Gasteiger partial charge in [-0.05, 0) is 89.0 Å². The molecule has 0 radical (unpaired) electrons. The number of hydrogen-bond acceptors (Lipinski definition) is 4. The number of aliphatic hydroxyl groups is 1. The molecule has 1 saturated heterocycles. The first kappa shape index (κ1) is 31.8. The summed E-state index contributed by atoms with van der Waals surface area (Å²) in [7, 11) is -4.37. The normalized spacial score (nSPS) is 17.3. The molecule has 1 heterocycles. The minimum absolute atomic E-state index is 0.0318. The lowest BCUT2D eigenvalue weighted by atomic mass is 9.86. The summed E-state index contributed by atoms with van der Waals surface area (Å²) in [6, 6.07) is 35.2. The van der Waals surface area contributed by atoms with Gasteiger partial charge in [0.2, 0.25) is 0 Å². The molecular weight excluding hydrogens is 620 g/mol. The van der Waals surface area contributed by atoms with Gasteiger partial charge in [-0.15, -0.1) is 0 Å². The van der Waals surface area contributed by atoms with Crippen LogP contribution in [0.2, 0.25) is 0 Å². The van der Waals surface area contributed by atoms with E-state index in [1.54, 1.807) is 30.3 Å². The van der Waals surface area contributed by atoms with E-state index in [0.29, 0.717) is 41.5 Å². The maximum Gasteiger partial charge on any atom is 0.356 e. The van der Waals surface area contributed by atoms with Gasteiger partial charge in [0, 0.05) is 17.7 Å². The molecule has 1 fully saturated rings. The van der Waals surface area contributed by atoms with Gasteiger partial charge in [0.25, 0.3) is 0 Å². The smallest absolute Gasteiger partial charge is 0.356 e. The van der Waals surface area contributed by atoms with Gasteiger partial charge in [-0.25, -0.2) is 4.39 Å². The number of hydrogen-bond donors (Lipinski definition) is 4. The number of anilines is 1.